The van der Waals surface area contributed by atoms with Crippen LogP contribution in [0.25, 0.3) is 6.08 Å². The lowest BCUT2D eigenvalue weighted by Crippen LogP contribution is -2.27. The minimum atomic E-state index is -0.253. The molecule has 1 aromatic rings. The van der Waals surface area contributed by atoms with Gasteiger partial charge in [0.2, 0.25) is 0 Å². The van der Waals surface area contributed by atoms with E-state index in [1.807, 2.05) is 19.9 Å². The molecule has 0 radical (unpaired) electrons. The fourth-order valence-corrected chi connectivity index (χ4v) is 3.27. The molecule has 1 aliphatic heterocycles. The first-order chi connectivity index (χ1) is 10.5. The van der Waals surface area contributed by atoms with Gasteiger partial charge in [0.25, 0.3) is 11.1 Å². The summed E-state index contributed by atoms with van der Waals surface area (Å²) in [5, 5.41) is -0.246. The highest BCUT2D eigenvalue weighted by Gasteiger charge is 2.34. The molecule has 0 spiro atoms. The van der Waals surface area contributed by atoms with Gasteiger partial charge < -0.3 is 9.30 Å². The third kappa shape index (κ3) is 3.18. The molecule has 2 heterocycles. The predicted molar refractivity (Wildman–Crippen MR) is 88.7 cm³/mol. The lowest BCUT2D eigenvalue weighted by molar-refractivity contribution is -0.122. The van der Waals surface area contributed by atoms with Gasteiger partial charge in [-0.05, 0) is 43.3 Å². The number of methoxy groups -OCH3 is 1. The first-order valence-electron chi connectivity index (χ1n) is 7.01. The fraction of sp³-hybridized carbons (Fsp3) is 0.375. The molecule has 0 saturated carbocycles. The van der Waals surface area contributed by atoms with Crippen LogP contribution in [0.5, 0.6) is 0 Å². The molecule has 0 aromatic carbocycles. The molecule has 22 heavy (non-hydrogen) atoms. The summed E-state index contributed by atoms with van der Waals surface area (Å²) in [4.78, 5) is 25.7. The largest absolute Gasteiger partial charge is 0.383 e. The van der Waals surface area contributed by atoms with Crippen molar-refractivity contribution in [3.8, 4) is 0 Å². The van der Waals surface area contributed by atoms with Crippen LogP contribution in [0.15, 0.2) is 23.6 Å². The Morgan fingerprint density at radius 1 is 1.36 bits per heavy atom. The van der Waals surface area contributed by atoms with Crippen molar-refractivity contribution in [2.75, 3.05) is 20.3 Å². The van der Waals surface area contributed by atoms with Crippen LogP contribution in [-0.4, -0.2) is 40.9 Å². The number of aryl methyl sites for hydroxylation is 1. The molecule has 0 unspecified atom stereocenters. The van der Waals surface area contributed by atoms with E-state index < -0.39 is 0 Å². The maximum Gasteiger partial charge on any atom is 0.293 e. The van der Waals surface area contributed by atoms with Crippen molar-refractivity contribution < 1.29 is 14.3 Å². The number of aromatic nitrogens is 1. The molecule has 0 N–H and O–H groups in total. The summed E-state index contributed by atoms with van der Waals surface area (Å²) in [6.07, 6.45) is 3.34. The fourth-order valence-electron chi connectivity index (χ4n) is 2.43. The maximum atomic E-state index is 12.2. The SMILES string of the molecule is C=CCN1C(=O)S/C(=C\c2cc(C)n(CCOC)c2C)C1=O. The normalized spacial score (nSPS) is 16.9. The summed E-state index contributed by atoms with van der Waals surface area (Å²) >= 11 is 0.975. The van der Waals surface area contributed by atoms with Gasteiger partial charge in [-0.3, -0.25) is 14.5 Å². The van der Waals surface area contributed by atoms with Gasteiger partial charge in [0.05, 0.1) is 11.5 Å². The number of carbonyl (C=O) groups excluding carboxylic acids is 2. The van der Waals surface area contributed by atoms with Gasteiger partial charge in [-0.1, -0.05) is 6.08 Å². The zero-order valence-electron chi connectivity index (χ0n) is 13.1. The van der Waals surface area contributed by atoms with E-state index in [9.17, 15) is 9.59 Å². The van der Waals surface area contributed by atoms with E-state index in [4.69, 9.17) is 4.74 Å². The van der Waals surface area contributed by atoms with Gasteiger partial charge >= 0.3 is 0 Å². The lowest BCUT2D eigenvalue weighted by atomic mass is 10.2. The van der Waals surface area contributed by atoms with E-state index in [2.05, 4.69) is 11.1 Å². The Bertz CT molecular complexity index is 646. The second-order valence-electron chi connectivity index (χ2n) is 5.05. The monoisotopic (exact) mass is 320 g/mol. The molecule has 5 nitrogen and oxygen atoms in total. The number of carbonyl (C=O) groups is 2. The second kappa shape index (κ2) is 6.98. The topological polar surface area (TPSA) is 51.5 Å². The van der Waals surface area contributed by atoms with E-state index in [1.165, 1.54) is 4.90 Å². The van der Waals surface area contributed by atoms with Crippen LogP contribution in [0.3, 0.4) is 0 Å². The number of amides is 2. The van der Waals surface area contributed by atoms with Crippen LogP contribution in [0.4, 0.5) is 4.79 Å². The van der Waals surface area contributed by atoms with Crippen LogP contribution in [0.2, 0.25) is 0 Å². The molecule has 2 rings (SSSR count). The van der Waals surface area contributed by atoms with Crippen LogP contribution in [0, 0.1) is 13.8 Å². The number of nitrogens with zero attached hydrogens (tertiary/aromatic N) is 2. The van der Waals surface area contributed by atoms with Gasteiger partial charge in [-0.15, -0.1) is 6.58 Å². The molecule has 1 fully saturated rings. The molecule has 2 amide bonds. The van der Waals surface area contributed by atoms with Gasteiger partial charge in [0, 0.05) is 31.6 Å². The molecule has 6 heteroatoms. The van der Waals surface area contributed by atoms with Crippen molar-refractivity contribution in [2.45, 2.75) is 20.4 Å². The standard InChI is InChI=1S/C16H20N2O3S/c1-5-6-18-15(19)14(22-16(18)20)10-13-9-11(2)17(12(13)3)7-8-21-4/h5,9-10H,1,6-8H2,2-4H3/b14-10-. The van der Waals surface area contributed by atoms with Crippen molar-refractivity contribution in [1.29, 1.82) is 0 Å². The van der Waals surface area contributed by atoms with E-state index >= 15 is 0 Å². The Labute approximate surface area is 134 Å². The summed E-state index contributed by atoms with van der Waals surface area (Å²) in [6, 6.07) is 2.02. The Balaban J connectivity index is 2.28. The lowest BCUT2D eigenvalue weighted by Gasteiger charge is -2.08. The number of imide groups is 1. The van der Waals surface area contributed by atoms with Crippen molar-refractivity contribution in [3.05, 3.63) is 40.6 Å². The molecular formula is C16H20N2O3S. The van der Waals surface area contributed by atoms with Crippen molar-refractivity contribution in [3.63, 3.8) is 0 Å². The quantitative estimate of drug-likeness (QED) is 0.597. The average Bonchev–Trinajstić information content (AvgIpc) is 2.89. The van der Waals surface area contributed by atoms with Crippen LogP contribution in [-0.2, 0) is 16.1 Å². The van der Waals surface area contributed by atoms with E-state index in [1.54, 1.807) is 19.3 Å². The number of hydrogen-bond acceptors (Lipinski definition) is 4. The first-order valence-corrected chi connectivity index (χ1v) is 7.83. The molecule has 1 aliphatic rings. The second-order valence-corrected chi connectivity index (χ2v) is 6.05. The highest BCUT2D eigenvalue weighted by Crippen LogP contribution is 2.33. The average molecular weight is 320 g/mol. The number of hydrogen-bond donors (Lipinski definition) is 0. The minimum absolute atomic E-state index is 0.245. The van der Waals surface area contributed by atoms with Crippen molar-refractivity contribution in [2.24, 2.45) is 0 Å². The molecule has 0 atom stereocenters. The summed E-state index contributed by atoms with van der Waals surface area (Å²) in [7, 11) is 1.67. The maximum absolute atomic E-state index is 12.2. The Kier molecular flexibility index (Phi) is 5.26. The Hall–Kier alpha value is -1.79. The Morgan fingerprint density at radius 3 is 2.73 bits per heavy atom. The minimum Gasteiger partial charge on any atom is -0.383 e. The van der Waals surface area contributed by atoms with Crippen LogP contribution >= 0.6 is 11.8 Å². The van der Waals surface area contributed by atoms with Gasteiger partial charge in [0.1, 0.15) is 0 Å². The third-order valence-corrected chi connectivity index (χ3v) is 4.51. The van der Waals surface area contributed by atoms with Crippen LogP contribution < -0.4 is 0 Å². The van der Waals surface area contributed by atoms with Crippen LogP contribution in [0.1, 0.15) is 17.0 Å². The molecule has 1 saturated heterocycles. The van der Waals surface area contributed by atoms with E-state index in [0.29, 0.717) is 11.5 Å². The molecule has 0 bridgehead atoms. The zero-order chi connectivity index (χ0) is 16.3. The molecule has 118 valence electrons. The Morgan fingerprint density at radius 2 is 2.09 bits per heavy atom. The third-order valence-electron chi connectivity index (χ3n) is 3.60. The smallest absolute Gasteiger partial charge is 0.293 e. The summed E-state index contributed by atoms with van der Waals surface area (Å²) < 4.78 is 7.26. The molecule has 0 aliphatic carbocycles. The van der Waals surface area contributed by atoms with E-state index in [-0.39, 0.29) is 17.7 Å². The zero-order valence-corrected chi connectivity index (χ0v) is 13.9. The summed E-state index contributed by atoms with van der Waals surface area (Å²) in [6.45, 7) is 9.23. The summed E-state index contributed by atoms with van der Waals surface area (Å²) in [5.41, 5.74) is 3.12. The molecular weight excluding hydrogens is 300 g/mol. The van der Waals surface area contributed by atoms with Crippen molar-refractivity contribution >= 4 is 29.0 Å². The molecule has 1 aromatic heterocycles. The highest BCUT2D eigenvalue weighted by molar-refractivity contribution is 8.18. The number of rotatable bonds is 6. The number of thioether (sulfide) groups is 1. The first kappa shape index (κ1) is 16.6. The predicted octanol–water partition coefficient (Wildman–Crippen LogP) is 2.97. The number of ether oxygens (including phenoxy) is 1. The van der Waals surface area contributed by atoms with E-state index in [0.717, 1.165) is 35.3 Å². The summed E-state index contributed by atoms with van der Waals surface area (Å²) in [5.74, 6) is -0.253. The van der Waals surface area contributed by atoms with Crippen molar-refractivity contribution in [1.82, 2.24) is 9.47 Å². The van der Waals surface area contributed by atoms with Gasteiger partial charge in [0.15, 0.2) is 0 Å². The van der Waals surface area contributed by atoms with Gasteiger partial charge in [-0.25, -0.2) is 0 Å². The highest BCUT2D eigenvalue weighted by atomic mass is 32.2. The van der Waals surface area contributed by atoms with Gasteiger partial charge in [-0.2, -0.15) is 0 Å².